The highest BCUT2D eigenvalue weighted by atomic mass is 35.5. The minimum Gasteiger partial charge on any atom is -0.458 e. The van der Waals surface area contributed by atoms with Crippen LogP contribution in [0.2, 0.25) is 10.0 Å². The number of halogens is 2. The van der Waals surface area contributed by atoms with Gasteiger partial charge in [-0.15, -0.1) is 0 Å². The fourth-order valence-electron chi connectivity index (χ4n) is 0.755. The maximum absolute atomic E-state index is 10.9. The molecule has 1 aromatic rings. The largest absolute Gasteiger partial charge is 0.458 e. The van der Waals surface area contributed by atoms with Crippen LogP contribution >= 0.6 is 23.2 Å². The second kappa shape index (κ2) is 3.78. The molecule has 1 aromatic carbocycles. The van der Waals surface area contributed by atoms with Crippen LogP contribution in [0.25, 0.3) is 0 Å². The highest BCUT2D eigenvalue weighted by Crippen LogP contribution is 2.19. The van der Waals surface area contributed by atoms with Crippen molar-refractivity contribution in [1.29, 1.82) is 0 Å². The Morgan fingerprint density at radius 3 is 2.17 bits per heavy atom. The minimum atomic E-state index is -0.556. The SMILES string of the molecule is [CH2]OC(=O)c1cc(Cl)cc(Cl)c1. The van der Waals surface area contributed by atoms with Gasteiger partial charge in [0.2, 0.25) is 0 Å². The van der Waals surface area contributed by atoms with Gasteiger partial charge in [0.25, 0.3) is 0 Å². The molecule has 0 heterocycles. The zero-order valence-corrected chi connectivity index (χ0v) is 7.52. The van der Waals surface area contributed by atoms with Crippen LogP contribution in [0.5, 0.6) is 0 Å². The Hall–Kier alpha value is -0.730. The molecule has 4 heteroatoms. The molecule has 0 fully saturated rings. The van der Waals surface area contributed by atoms with E-state index in [-0.39, 0.29) is 0 Å². The van der Waals surface area contributed by atoms with Crippen molar-refractivity contribution in [2.75, 3.05) is 0 Å². The van der Waals surface area contributed by atoms with Crippen molar-refractivity contribution < 1.29 is 9.53 Å². The summed E-state index contributed by atoms with van der Waals surface area (Å²) in [6, 6.07) is 4.45. The average molecular weight is 204 g/mol. The van der Waals surface area contributed by atoms with Gasteiger partial charge in [0.15, 0.2) is 0 Å². The Labute approximate surface area is 80.0 Å². The van der Waals surface area contributed by atoms with Gasteiger partial charge in [0, 0.05) is 10.0 Å². The molecule has 0 aliphatic rings. The van der Waals surface area contributed by atoms with E-state index in [0.717, 1.165) is 0 Å². The first-order chi connectivity index (χ1) is 5.63. The molecule has 2 nitrogen and oxygen atoms in total. The van der Waals surface area contributed by atoms with E-state index in [4.69, 9.17) is 23.2 Å². The third kappa shape index (κ3) is 2.13. The number of hydrogen-bond donors (Lipinski definition) is 0. The van der Waals surface area contributed by atoms with Crippen molar-refractivity contribution in [3.63, 3.8) is 0 Å². The normalized spacial score (nSPS) is 9.58. The zero-order chi connectivity index (χ0) is 9.14. The van der Waals surface area contributed by atoms with Crippen LogP contribution in [-0.4, -0.2) is 5.97 Å². The van der Waals surface area contributed by atoms with Crippen molar-refractivity contribution in [3.05, 3.63) is 40.9 Å². The molecule has 0 spiro atoms. The lowest BCUT2D eigenvalue weighted by molar-refractivity contribution is 0.0654. The van der Waals surface area contributed by atoms with Crippen LogP contribution < -0.4 is 0 Å². The Balaban J connectivity index is 3.08. The lowest BCUT2D eigenvalue weighted by Crippen LogP contribution is -1.99. The quantitative estimate of drug-likeness (QED) is 0.657. The third-order valence-electron chi connectivity index (χ3n) is 1.23. The Kier molecular flexibility index (Phi) is 2.95. The highest BCUT2D eigenvalue weighted by Gasteiger charge is 2.06. The molecule has 0 aliphatic heterocycles. The van der Waals surface area contributed by atoms with Gasteiger partial charge in [-0.2, -0.15) is 0 Å². The van der Waals surface area contributed by atoms with E-state index in [1.807, 2.05) is 0 Å². The van der Waals surface area contributed by atoms with Gasteiger partial charge in [0.05, 0.1) is 5.56 Å². The number of carbonyl (C=O) groups is 1. The summed E-state index contributed by atoms with van der Waals surface area (Å²) in [4.78, 5) is 10.9. The van der Waals surface area contributed by atoms with Gasteiger partial charge in [-0.25, -0.2) is 4.79 Å². The molecule has 0 saturated carbocycles. The first kappa shape index (κ1) is 9.36. The lowest BCUT2D eigenvalue weighted by atomic mass is 10.2. The molecule has 0 unspecified atom stereocenters. The monoisotopic (exact) mass is 203 g/mol. The lowest BCUT2D eigenvalue weighted by Gasteiger charge is -1.99. The molecule has 1 radical (unpaired) electrons. The summed E-state index contributed by atoms with van der Waals surface area (Å²) < 4.78 is 4.24. The van der Waals surface area contributed by atoms with Gasteiger partial charge in [-0.3, -0.25) is 0 Å². The molecule has 0 amide bonds. The number of esters is 1. The van der Waals surface area contributed by atoms with Crippen LogP contribution in [0.1, 0.15) is 10.4 Å². The highest BCUT2D eigenvalue weighted by molar-refractivity contribution is 6.35. The maximum Gasteiger partial charge on any atom is 0.338 e. The first-order valence-corrected chi connectivity index (χ1v) is 3.81. The van der Waals surface area contributed by atoms with Crippen LogP contribution in [0, 0.1) is 7.11 Å². The predicted octanol–water partition coefficient (Wildman–Crippen LogP) is 2.94. The summed E-state index contributed by atoms with van der Waals surface area (Å²) >= 11 is 11.3. The van der Waals surface area contributed by atoms with Crippen molar-refractivity contribution in [2.45, 2.75) is 0 Å². The van der Waals surface area contributed by atoms with Gasteiger partial charge in [0.1, 0.15) is 7.11 Å². The topological polar surface area (TPSA) is 26.3 Å². The summed E-state index contributed by atoms with van der Waals surface area (Å²) in [5.41, 5.74) is 0.294. The third-order valence-corrected chi connectivity index (χ3v) is 1.67. The van der Waals surface area contributed by atoms with Crippen LogP contribution in [0.15, 0.2) is 18.2 Å². The van der Waals surface area contributed by atoms with Gasteiger partial charge in [-0.1, -0.05) is 23.2 Å². The molecular weight excluding hydrogens is 199 g/mol. The predicted molar refractivity (Wildman–Crippen MR) is 47.2 cm³/mol. The van der Waals surface area contributed by atoms with Crippen molar-refractivity contribution in [2.24, 2.45) is 0 Å². The number of ether oxygens (including phenoxy) is 1. The molecule has 0 bridgehead atoms. The van der Waals surface area contributed by atoms with Crippen LogP contribution in [0.4, 0.5) is 0 Å². The molecule has 0 atom stereocenters. The molecule has 12 heavy (non-hydrogen) atoms. The Morgan fingerprint density at radius 2 is 1.75 bits per heavy atom. The average Bonchev–Trinajstić information content (AvgIpc) is 2.01. The van der Waals surface area contributed by atoms with E-state index in [1.165, 1.54) is 18.2 Å². The van der Waals surface area contributed by atoms with Crippen molar-refractivity contribution in [3.8, 4) is 0 Å². The van der Waals surface area contributed by atoms with Crippen molar-refractivity contribution in [1.82, 2.24) is 0 Å². The molecule has 0 N–H and O–H groups in total. The number of rotatable bonds is 1. The zero-order valence-electron chi connectivity index (χ0n) is 6.01. The van der Waals surface area contributed by atoms with Gasteiger partial charge >= 0.3 is 5.97 Å². The van der Waals surface area contributed by atoms with E-state index < -0.39 is 5.97 Å². The second-order valence-electron chi connectivity index (χ2n) is 2.09. The number of carbonyl (C=O) groups excluding carboxylic acids is 1. The fraction of sp³-hybridized carbons (Fsp3) is 0. The Morgan fingerprint density at radius 1 is 1.25 bits per heavy atom. The molecular formula is C8H5Cl2O2. The molecule has 1 rings (SSSR count). The van der Waals surface area contributed by atoms with E-state index in [2.05, 4.69) is 11.8 Å². The van der Waals surface area contributed by atoms with E-state index in [1.54, 1.807) is 0 Å². The summed E-state index contributed by atoms with van der Waals surface area (Å²) in [7, 11) is 2.99. The van der Waals surface area contributed by atoms with E-state index in [0.29, 0.717) is 15.6 Å². The maximum atomic E-state index is 10.9. The molecule has 0 saturated heterocycles. The standard InChI is InChI=1S/C8H5Cl2O2/c1-12-8(11)5-2-6(9)4-7(10)3-5/h2-4H,1H2. The summed E-state index contributed by atoms with van der Waals surface area (Å²) in [5.74, 6) is -0.556. The van der Waals surface area contributed by atoms with E-state index >= 15 is 0 Å². The Bertz CT molecular complexity index is 290. The molecule has 0 aromatic heterocycles. The fourth-order valence-corrected chi connectivity index (χ4v) is 1.28. The minimum absolute atomic E-state index is 0.294. The van der Waals surface area contributed by atoms with Crippen LogP contribution in [0.3, 0.4) is 0 Å². The molecule has 63 valence electrons. The van der Waals surface area contributed by atoms with Gasteiger partial charge in [-0.05, 0) is 18.2 Å². The van der Waals surface area contributed by atoms with Crippen molar-refractivity contribution >= 4 is 29.2 Å². The van der Waals surface area contributed by atoms with E-state index in [9.17, 15) is 4.79 Å². The summed E-state index contributed by atoms with van der Waals surface area (Å²) in [6.45, 7) is 0. The number of benzene rings is 1. The summed E-state index contributed by atoms with van der Waals surface area (Å²) in [6.07, 6.45) is 0. The van der Waals surface area contributed by atoms with Gasteiger partial charge < -0.3 is 4.74 Å². The first-order valence-electron chi connectivity index (χ1n) is 3.06. The van der Waals surface area contributed by atoms with Crippen LogP contribution in [-0.2, 0) is 4.74 Å². The molecule has 0 aliphatic carbocycles. The number of hydrogen-bond acceptors (Lipinski definition) is 2. The second-order valence-corrected chi connectivity index (χ2v) is 2.96. The summed E-state index contributed by atoms with van der Waals surface area (Å²) in [5, 5.41) is 0.783. The smallest absolute Gasteiger partial charge is 0.338 e.